The van der Waals surface area contributed by atoms with Crippen molar-refractivity contribution in [2.45, 2.75) is 12.6 Å². The number of nitrogens with one attached hydrogen (secondary N) is 1. The molecule has 7 nitrogen and oxygen atoms in total. The normalized spacial score (nSPS) is 17.4. The Balaban J connectivity index is 1.46. The van der Waals surface area contributed by atoms with Crippen LogP contribution in [0.3, 0.4) is 0 Å². The van der Waals surface area contributed by atoms with Crippen molar-refractivity contribution < 1.29 is 9.53 Å². The Morgan fingerprint density at radius 2 is 2.07 bits per heavy atom. The van der Waals surface area contributed by atoms with Crippen LogP contribution >= 0.6 is 11.6 Å². The largest absolute Gasteiger partial charge is 0.366 e. The molecule has 0 saturated carbocycles. The molecule has 4 rings (SSSR count). The van der Waals surface area contributed by atoms with Crippen molar-refractivity contribution in [3.63, 3.8) is 0 Å². The molecule has 3 aromatic rings. The number of para-hydroxylation sites is 1. The summed E-state index contributed by atoms with van der Waals surface area (Å²) in [5.74, 6) is -0.207. The van der Waals surface area contributed by atoms with Gasteiger partial charge in [-0.15, -0.1) is 0 Å². The van der Waals surface area contributed by atoms with Crippen molar-refractivity contribution in [1.82, 2.24) is 19.7 Å². The van der Waals surface area contributed by atoms with Crippen molar-refractivity contribution in [2.24, 2.45) is 0 Å². The van der Waals surface area contributed by atoms with Gasteiger partial charge in [-0.25, -0.2) is 9.67 Å². The number of nitrogens with zero attached hydrogens (tertiary/aromatic N) is 4. The number of hydrogen-bond donors (Lipinski definition) is 1. The lowest BCUT2D eigenvalue weighted by Gasteiger charge is -2.32. The van der Waals surface area contributed by atoms with Gasteiger partial charge in [0.15, 0.2) is 0 Å². The minimum absolute atomic E-state index is 0.207. The molecule has 1 aromatic heterocycles. The Bertz CT molecular complexity index is 933. The number of ether oxygens (including phenoxy) is 1. The number of aromatic nitrogens is 3. The molecule has 0 radical (unpaired) electrons. The average molecular weight is 398 g/mol. The van der Waals surface area contributed by atoms with Crippen molar-refractivity contribution in [2.75, 3.05) is 25.0 Å². The monoisotopic (exact) mass is 397 g/mol. The van der Waals surface area contributed by atoms with Crippen LogP contribution in [0.5, 0.6) is 0 Å². The Hall–Kier alpha value is -2.74. The van der Waals surface area contributed by atoms with E-state index in [9.17, 15) is 4.79 Å². The van der Waals surface area contributed by atoms with Crippen LogP contribution in [0.15, 0.2) is 61.2 Å². The first-order valence-corrected chi connectivity index (χ1v) is 9.41. The van der Waals surface area contributed by atoms with Gasteiger partial charge in [-0.2, -0.15) is 5.10 Å². The minimum Gasteiger partial charge on any atom is -0.366 e. The zero-order valence-corrected chi connectivity index (χ0v) is 15.9. The lowest BCUT2D eigenvalue weighted by molar-refractivity contribution is -0.133. The smallest absolute Gasteiger partial charge is 0.254 e. The summed E-state index contributed by atoms with van der Waals surface area (Å²) in [4.78, 5) is 19.0. The Labute approximate surface area is 167 Å². The van der Waals surface area contributed by atoms with Crippen LogP contribution in [0.4, 0.5) is 5.69 Å². The molecule has 1 aliphatic rings. The quantitative estimate of drug-likeness (QED) is 0.716. The third-order valence-corrected chi connectivity index (χ3v) is 4.89. The van der Waals surface area contributed by atoms with Crippen molar-refractivity contribution >= 4 is 23.2 Å². The number of anilines is 1. The van der Waals surface area contributed by atoms with Crippen molar-refractivity contribution in [3.8, 4) is 5.69 Å². The number of carbonyl (C=O) groups is 1. The zero-order chi connectivity index (χ0) is 19.3. The Morgan fingerprint density at radius 3 is 2.86 bits per heavy atom. The van der Waals surface area contributed by atoms with E-state index in [4.69, 9.17) is 16.3 Å². The SMILES string of the molecule is O=C(Nc1cccc(Cl)c1-n1cncn1)C1CN(Cc2ccccc2)CCO1. The van der Waals surface area contributed by atoms with E-state index >= 15 is 0 Å². The standard InChI is InChI=1S/C20H20ClN5O2/c21-16-7-4-8-17(19(16)26-14-22-13-23-26)24-20(27)18-12-25(9-10-28-18)11-15-5-2-1-3-6-15/h1-8,13-14,18H,9-12H2,(H,24,27). The number of rotatable bonds is 5. The fourth-order valence-electron chi connectivity index (χ4n) is 3.23. The molecule has 1 saturated heterocycles. The summed E-state index contributed by atoms with van der Waals surface area (Å²) in [5, 5.41) is 7.52. The molecule has 0 bridgehead atoms. The van der Waals surface area contributed by atoms with E-state index in [0.717, 1.165) is 13.1 Å². The van der Waals surface area contributed by atoms with Crippen molar-refractivity contribution in [1.29, 1.82) is 0 Å². The van der Waals surface area contributed by atoms with Crippen LogP contribution in [0.25, 0.3) is 5.69 Å². The summed E-state index contributed by atoms with van der Waals surface area (Å²) in [6.07, 6.45) is 2.40. The fraction of sp³-hybridized carbons (Fsp3) is 0.250. The van der Waals surface area contributed by atoms with Gasteiger partial charge in [-0.3, -0.25) is 9.69 Å². The molecule has 2 aromatic carbocycles. The molecule has 1 amide bonds. The zero-order valence-electron chi connectivity index (χ0n) is 15.2. The molecule has 8 heteroatoms. The summed E-state index contributed by atoms with van der Waals surface area (Å²) in [6.45, 7) is 2.62. The first-order chi connectivity index (χ1) is 13.7. The average Bonchev–Trinajstić information content (AvgIpc) is 3.23. The van der Waals surface area contributed by atoms with Gasteiger partial charge in [0.1, 0.15) is 24.4 Å². The number of benzene rings is 2. The molecular formula is C20H20ClN5O2. The van der Waals surface area contributed by atoms with Crippen LogP contribution in [0, 0.1) is 0 Å². The van der Waals surface area contributed by atoms with Gasteiger partial charge in [-0.1, -0.05) is 48.0 Å². The molecule has 1 fully saturated rings. The Kier molecular flexibility index (Phi) is 5.66. The van der Waals surface area contributed by atoms with E-state index in [1.165, 1.54) is 22.9 Å². The van der Waals surface area contributed by atoms with Gasteiger partial charge in [0.05, 0.1) is 17.3 Å². The lowest BCUT2D eigenvalue weighted by atomic mass is 10.1. The van der Waals surface area contributed by atoms with Crippen LogP contribution in [0.2, 0.25) is 5.02 Å². The maximum absolute atomic E-state index is 12.8. The van der Waals surface area contributed by atoms with Gasteiger partial charge in [0.25, 0.3) is 5.91 Å². The molecule has 1 atom stereocenters. The predicted molar refractivity (Wildman–Crippen MR) is 106 cm³/mol. The van der Waals surface area contributed by atoms with E-state index in [1.807, 2.05) is 18.2 Å². The molecule has 2 heterocycles. The van der Waals surface area contributed by atoms with E-state index in [-0.39, 0.29) is 5.91 Å². The fourth-order valence-corrected chi connectivity index (χ4v) is 3.49. The van der Waals surface area contributed by atoms with Gasteiger partial charge < -0.3 is 10.1 Å². The molecule has 1 N–H and O–H groups in total. The number of hydrogen-bond acceptors (Lipinski definition) is 5. The molecule has 0 aliphatic carbocycles. The highest BCUT2D eigenvalue weighted by Gasteiger charge is 2.27. The van der Waals surface area contributed by atoms with Gasteiger partial charge in [0.2, 0.25) is 0 Å². The second-order valence-corrected chi connectivity index (χ2v) is 6.95. The molecule has 1 aliphatic heterocycles. The molecule has 1 unspecified atom stereocenters. The minimum atomic E-state index is -0.556. The number of amides is 1. The van der Waals surface area contributed by atoms with Crippen LogP contribution in [-0.2, 0) is 16.1 Å². The van der Waals surface area contributed by atoms with Crippen LogP contribution < -0.4 is 5.32 Å². The summed E-state index contributed by atoms with van der Waals surface area (Å²) < 4.78 is 7.25. The van der Waals surface area contributed by atoms with Crippen molar-refractivity contribution in [3.05, 3.63) is 71.8 Å². The lowest BCUT2D eigenvalue weighted by Crippen LogP contribution is -2.47. The van der Waals surface area contributed by atoms with E-state index in [0.29, 0.717) is 29.5 Å². The maximum Gasteiger partial charge on any atom is 0.254 e. The summed E-state index contributed by atoms with van der Waals surface area (Å²) in [6, 6.07) is 15.5. The van der Waals surface area contributed by atoms with Gasteiger partial charge in [0, 0.05) is 19.6 Å². The highest BCUT2D eigenvalue weighted by Crippen LogP contribution is 2.28. The van der Waals surface area contributed by atoms with E-state index in [1.54, 1.807) is 18.2 Å². The first kappa shape index (κ1) is 18.6. The maximum atomic E-state index is 12.8. The van der Waals surface area contributed by atoms with E-state index < -0.39 is 6.10 Å². The van der Waals surface area contributed by atoms with Crippen LogP contribution in [-0.4, -0.2) is 51.4 Å². The molecule has 0 spiro atoms. The second-order valence-electron chi connectivity index (χ2n) is 6.55. The first-order valence-electron chi connectivity index (χ1n) is 9.03. The van der Waals surface area contributed by atoms with Gasteiger partial charge >= 0.3 is 0 Å². The summed E-state index contributed by atoms with van der Waals surface area (Å²) >= 11 is 6.32. The second kappa shape index (κ2) is 8.52. The van der Waals surface area contributed by atoms with E-state index in [2.05, 4.69) is 32.4 Å². The van der Waals surface area contributed by atoms with Crippen LogP contribution in [0.1, 0.15) is 5.56 Å². The van der Waals surface area contributed by atoms with Gasteiger partial charge in [-0.05, 0) is 17.7 Å². The highest BCUT2D eigenvalue weighted by atomic mass is 35.5. The Morgan fingerprint density at radius 1 is 1.21 bits per heavy atom. The molecule has 28 heavy (non-hydrogen) atoms. The molecular weight excluding hydrogens is 378 g/mol. The number of halogens is 1. The highest BCUT2D eigenvalue weighted by molar-refractivity contribution is 6.33. The number of morpholine rings is 1. The predicted octanol–water partition coefficient (Wildman–Crippen LogP) is 2.76. The molecule has 144 valence electrons. The third kappa shape index (κ3) is 4.22. The number of carbonyl (C=O) groups excluding carboxylic acids is 1. The summed E-state index contributed by atoms with van der Waals surface area (Å²) in [7, 11) is 0. The summed E-state index contributed by atoms with van der Waals surface area (Å²) in [5.41, 5.74) is 2.35. The topological polar surface area (TPSA) is 72.3 Å². The third-order valence-electron chi connectivity index (χ3n) is 4.58.